The SMILES string of the molecule is Nc1cc(-c2ccccc2F)cc(Cl)c1F. The van der Waals surface area contributed by atoms with E-state index in [1.54, 1.807) is 18.2 Å². The van der Waals surface area contributed by atoms with Crippen molar-refractivity contribution >= 4 is 17.3 Å². The molecule has 0 aliphatic heterocycles. The van der Waals surface area contributed by atoms with Gasteiger partial charge >= 0.3 is 0 Å². The predicted molar refractivity (Wildman–Crippen MR) is 61.2 cm³/mol. The van der Waals surface area contributed by atoms with E-state index in [2.05, 4.69) is 0 Å². The lowest BCUT2D eigenvalue weighted by Crippen LogP contribution is -1.93. The van der Waals surface area contributed by atoms with Crippen molar-refractivity contribution in [3.63, 3.8) is 0 Å². The number of anilines is 1. The minimum Gasteiger partial charge on any atom is -0.396 e. The molecule has 0 bridgehead atoms. The molecule has 2 rings (SSSR count). The summed E-state index contributed by atoms with van der Waals surface area (Å²) in [5.74, 6) is -1.08. The Morgan fingerprint density at radius 3 is 2.38 bits per heavy atom. The van der Waals surface area contributed by atoms with Crippen molar-refractivity contribution in [2.24, 2.45) is 0 Å². The third-order valence-corrected chi connectivity index (χ3v) is 2.52. The van der Waals surface area contributed by atoms with Gasteiger partial charge in [-0.15, -0.1) is 0 Å². The molecule has 0 amide bonds. The summed E-state index contributed by atoms with van der Waals surface area (Å²) in [6.45, 7) is 0. The molecule has 16 heavy (non-hydrogen) atoms. The zero-order valence-corrected chi connectivity index (χ0v) is 8.93. The van der Waals surface area contributed by atoms with E-state index >= 15 is 0 Å². The molecule has 0 saturated heterocycles. The quantitative estimate of drug-likeness (QED) is 0.751. The van der Waals surface area contributed by atoms with Crippen LogP contribution in [0.2, 0.25) is 5.02 Å². The molecular weight excluding hydrogens is 232 g/mol. The molecule has 0 aliphatic carbocycles. The van der Waals surface area contributed by atoms with Crippen molar-refractivity contribution in [2.45, 2.75) is 0 Å². The monoisotopic (exact) mass is 239 g/mol. The third-order valence-electron chi connectivity index (χ3n) is 2.24. The van der Waals surface area contributed by atoms with E-state index in [1.807, 2.05) is 0 Å². The number of benzene rings is 2. The molecular formula is C12H8ClF2N. The van der Waals surface area contributed by atoms with Gasteiger partial charge in [-0.2, -0.15) is 0 Å². The Labute approximate surface area is 96.5 Å². The van der Waals surface area contributed by atoms with Crippen LogP contribution in [0.4, 0.5) is 14.5 Å². The first-order valence-electron chi connectivity index (χ1n) is 4.59. The van der Waals surface area contributed by atoms with E-state index in [0.29, 0.717) is 11.1 Å². The first kappa shape index (κ1) is 10.9. The van der Waals surface area contributed by atoms with E-state index in [1.165, 1.54) is 18.2 Å². The van der Waals surface area contributed by atoms with E-state index in [0.717, 1.165) is 0 Å². The van der Waals surface area contributed by atoms with Gasteiger partial charge in [0.1, 0.15) is 5.82 Å². The Balaban J connectivity index is 2.62. The molecule has 82 valence electrons. The smallest absolute Gasteiger partial charge is 0.164 e. The second kappa shape index (κ2) is 4.10. The van der Waals surface area contributed by atoms with Gasteiger partial charge in [-0.05, 0) is 23.8 Å². The first-order chi connectivity index (χ1) is 7.59. The normalized spacial score (nSPS) is 10.4. The molecule has 0 fully saturated rings. The second-order valence-corrected chi connectivity index (χ2v) is 3.75. The van der Waals surface area contributed by atoms with Crippen molar-refractivity contribution < 1.29 is 8.78 Å². The molecule has 2 aromatic carbocycles. The fourth-order valence-electron chi connectivity index (χ4n) is 1.46. The Bertz CT molecular complexity index is 517. The number of nitrogen functional groups attached to an aromatic ring is 1. The Morgan fingerprint density at radius 2 is 1.75 bits per heavy atom. The van der Waals surface area contributed by atoms with Crippen molar-refractivity contribution in [3.05, 3.63) is 53.1 Å². The van der Waals surface area contributed by atoms with Crippen LogP contribution in [-0.4, -0.2) is 0 Å². The van der Waals surface area contributed by atoms with Gasteiger partial charge in [0.15, 0.2) is 5.82 Å². The minimum atomic E-state index is -0.679. The van der Waals surface area contributed by atoms with Gasteiger partial charge in [-0.3, -0.25) is 0 Å². The van der Waals surface area contributed by atoms with Gasteiger partial charge < -0.3 is 5.73 Å². The summed E-state index contributed by atoms with van der Waals surface area (Å²) in [6, 6.07) is 8.88. The molecule has 0 aliphatic rings. The van der Waals surface area contributed by atoms with Crippen LogP contribution in [0.15, 0.2) is 36.4 Å². The Morgan fingerprint density at radius 1 is 1.06 bits per heavy atom. The molecule has 2 N–H and O–H groups in total. The zero-order valence-electron chi connectivity index (χ0n) is 8.18. The highest BCUT2D eigenvalue weighted by Crippen LogP contribution is 2.30. The summed E-state index contributed by atoms with van der Waals surface area (Å²) < 4.78 is 26.6. The van der Waals surface area contributed by atoms with Gasteiger partial charge in [0.05, 0.1) is 10.7 Å². The summed E-state index contributed by atoms with van der Waals surface area (Å²) in [4.78, 5) is 0. The lowest BCUT2D eigenvalue weighted by atomic mass is 10.0. The summed E-state index contributed by atoms with van der Waals surface area (Å²) in [5.41, 5.74) is 6.14. The Hall–Kier alpha value is -1.61. The number of rotatable bonds is 1. The van der Waals surface area contributed by atoms with Gasteiger partial charge in [0, 0.05) is 5.56 Å². The highest BCUT2D eigenvalue weighted by Gasteiger charge is 2.10. The molecule has 0 atom stereocenters. The number of hydrogen-bond acceptors (Lipinski definition) is 1. The van der Waals surface area contributed by atoms with Crippen LogP contribution in [0.1, 0.15) is 0 Å². The lowest BCUT2D eigenvalue weighted by molar-refractivity contribution is 0.628. The molecule has 1 nitrogen and oxygen atoms in total. The maximum absolute atomic E-state index is 13.5. The highest BCUT2D eigenvalue weighted by atomic mass is 35.5. The van der Waals surface area contributed by atoms with Crippen LogP contribution in [0.5, 0.6) is 0 Å². The maximum atomic E-state index is 13.5. The third kappa shape index (κ3) is 1.86. The van der Waals surface area contributed by atoms with Gasteiger partial charge in [0.2, 0.25) is 0 Å². The molecule has 0 spiro atoms. The van der Waals surface area contributed by atoms with Crippen LogP contribution in [0, 0.1) is 11.6 Å². The van der Waals surface area contributed by atoms with E-state index < -0.39 is 11.6 Å². The molecule has 0 saturated carbocycles. The first-order valence-corrected chi connectivity index (χ1v) is 4.97. The summed E-state index contributed by atoms with van der Waals surface area (Å²) >= 11 is 5.64. The van der Waals surface area contributed by atoms with Crippen molar-refractivity contribution in [2.75, 3.05) is 5.73 Å². The van der Waals surface area contributed by atoms with Crippen LogP contribution < -0.4 is 5.73 Å². The maximum Gasteiger partial charge on any atom is 0.164 e. The van der Waals surface area contributed by atoms with Gasteiger partial charge in [-0.25, -0.2) is 8.78 Å². The topological polar surface area (TPSA) is 26.0 Å². The summed E-state index contributed by atoms with van der Waals surface area (Å²) in [6.07, 6.45) is 0. The average molecular weight is 240 g/mol. The number of halogens is 3. The van der Waals surface area contributed by atoms with Crippen molar-refractivity contribution in [3.8, 4) is 11.1 Å². The van der Waals surface area contributed by atoms with Crippen LogP contribution in [-0.2, 0) is 0 Å². The van der Waals surface area contributed by atoms with Crippen LogP contribution >= 0.6 is 11.6 Å². The van der Waals surface area contributed by atoms with Crippen LogP contribution in [0.25, 0.3) is 11.1 Å². The summed E-state index contributed by atoms with van der Waals surface area (Å²) in [7, 11) is 0. The van der Waals surface area contributed by atoms with Crippen molar-refractivity contribution in [1.82, 2.24) is 0 Å². The second-order valence-electron chi connectivity index (χ2n) is 3.34. The van der Waals surface area contributed by atoms with Gasteiger partial charge in [0.25, 0.3) is 0 Å². The highest BCUT2D eigenvalue weighted by molar-refractivity contribution is 6.31. The molecule has 2 aromatic rings. The molecule has 4 heteroatoms. The molecule has 0 radical (unpaired) electrons. The molecule has 0 heterocycles. The van der Waals surface area contributed by atoms with Gasteiger partial charge in [-0.1, -0.05) is 29.8 Å². The standard InChI is InChI=1S/C12H8ClF2N/c13-9-5-7(6-11(16)12(9)15)8-3-1-2-4-10(8)14/h1-6H,16H2. The van der Waals surface area contributed by atoms with Crippen LogP contribution in [0.3, 0.4) is 0 Å². The molecule has 0 unspecified atom stereocenters. The van der Waals surface area contributed by atoms with Crippen molar-refractivity contribution in [1.29, 1.82) is 0 Å². The van der Waals surface area contributed by atoms with E-state index in [-0.39, 0.29) is 10.7 Å². The number of nitrogens with two attached hydrogens (primary N) is 1. The fraction of sp³-hybridized carbons (Fsp3) is 0. The average Bonchev–Trinajstić information content (AvgIpc) is 2.26. The Kier molecular flexibility index (Phi) is 2.79. The predicted octanol–water partition coefficient (Wildman–Crippen LogP) is 3.87. The minimum absolute atomic E-state index is 0.0919. The molecule has 0 aromatic heterocycles. The summed E-state index contributed by atoms with van der Waals surface area (Å²) in [5, 5.41) is -0.113. The van der Waals surface area contributed by atoms with E-state index in [4.69, 9.17) is 17.3 Å². The van der Waals surface area contributed by atoms with E-state index in [9.17, 15) is 8.78 Å². The largest absolute Gasteiger partial charge is 0.396 e. The fourth-order valence-corrected chi connectivity index (χ4v) is 1.69. The zero-order chi connectivity index (χ0) is 11.7. The number of hydrogen-bond donors (Lipinski definition) is 1. The lowest BCUT2D eigenvalue weighted by Gasteiger charge is -2.06.